The predicted molar refractivity (Wildman–Crippen MR) is 53.4 cm³/mol. The number of methoxy groups -OCH3 is 1. The number of nitrogens with two attached hydrogens (primary N) is 1. The summed E-state index contributed by atoms with van der Waals surface area (Å²) in [5.41, 5.74) is 5.85. The molecule has 78 valence electrons. The van der Waals surface area contributed by atoms with Crippen molar-refractivity contribution in [3.05, 3.63) is 11.5 Å². The Kier molecular flexibility index (Phi) is 3.91. The molecule has 0 saturated carbocycles. The van der Waals surface area contributed by atoms with Crippen molar-refractivity contribution in [2.75, 3.05) is 19.5 Å². The Balaban J connectivity index is 2.71. The van der Waals surface area contributed by atoms with E-state index >= 15 is 0 Å². The van der Waals surface area contributed by atoms with Crippen LogP contribution in [0.25, 0.3) is 0 Å². The maximum absolute atomic E-state index is 5.69. The van der Waals surface area contributed by atoms with E-state index in [9.17, 15) is 0 Å². The average Bonchev–Trinajstić information content (AvgIpc) is 2.13. The summed E-state index contributed by atoms with van der Waals surface area (Å²) in [5, 5.41) is 0.194. The fourth-order valence-electron chi connectivity index (χ4n) is 0.913. The van der Waals surface area contributed by atoms with Crippen molar-refractivity contribution in [1.29, 1.82) is 0 Å². The van der Waals surface area contributed by atoms with Crippen LogP contribution in [0.2, 0.25) is 5.15 Å². The molecule has 0 saturated heterocycles. The highest BCUT2D eigenvalue weighted by molar-refractivity contribution is 6.32. The van der Waals surface area contributed by atoms with Gasteiger partial charge >= 0.3 is 0 Å². The van der Waals surface area contributed by atoms with Gasteiger partial charge in [-0.1, -0.05) is 11.6 Å². The number of anilines is 1. The molecule has 0 aromatic carbocycles. The summed E-state index contributed by atoms with van der Waals surface area (Å²) in [5.74, 6) is 0.287. The Morgan fingerprint density at radius 3 is 2.93 bits per heavy atom. The molecule has 0 aliphatic rings. The molecule has 0 fully saturated rings. The highest BCUT2D eigenvalue weighted by Crippen LogP contribution is 2.24. The minimum Gasteiger partial charge on any atom is -0.471 e. The van der Waals surface area contributed by atoms with Crippen LogP contribution >= 0.6 is 11.6 Å². The first-order valence-electron chi connectivity index (χ1n) is 4.06. The fourth-order valence-corrected chi connectivity index (χ4v) is 1.04. The molecule has 2 N–H and O–H groups in total. The fraction of sp³-hybridized carbons (Fsp3) is 0.500. The van der Waals surface area contributed by atoms with E-state index in [1.807, 2.05) is 6.92 Å². The first kappa shape index (κ1) is 11.0. The molecule has 1 aromatic rings. The second-order valence-electron chi connectivity index (χ2n) is 2.77. The van der Waals surface area contributed by atoms with Crippen LogP contribution in [-0.2, 0) is 4.74 Å². The zero-order valence-electron chi connectivity index (χ0n) is 8.03. The van der Waals surface area contributed by atoms with E-state index in [0.717, 1.165) is 0 Å². The lowest BCUT2D eigenvalue weighted by Crippen LogP contribution is -2.19. The molecule has 0 amide bonds. The Labute approximate surface area is 87.2 Å². The van der Waals surface area contributed by atoms with E-state index in [-0.39, 0.29) is 22.8 Å². The minimum atomic E-state index is -0.131. The van der Waals surface area contributed by atoms with Crippen molar-refractivity contribution in [3.8, 4) is 5.88 Å². The van der Waals surface area contributed by atoms with E-state index in [1.165, 1.54) is 6.33 Å². The SMILES string of the molecule is COCC(C)Oc1ncnc(Cl)c1N. The maximum Gasteiger partial charge on any atom is 0.242 e. The first-order valence-corrected chi connectivity index (χ1v) is 4.44. The van der Waals surface area contributed by atoms with Crippen LogP contribution in [0.4, 0.5) is 5.69 Å². The number of hydrogen-bond acceptors (Lipinski definition) is 5. The van der Waals surface area contributed by atoms with Crippen LogP contribution in [0, 0.1) is 0 Å². The van der Waals surface area contributed by atoms with Gasteiger partial charge in [0, 0.05) is 7.11 Å². The molecule has 0 bridgehead atoms. The molecular weight excluding hydrogens is 206 g/mol. The Morgan fingerprint density at radius 2 is 2.29 bits per heavy atom. The summed E-state index contributed by atoms with van der Waals surface area (Å²) in [6.07, 6.45) is 1.17. The van der Waals surface area contributed by atoms with Crippen LogP contribution in [-0.4, -0.2) is 29.8 Å². The molecule has 1 aromatic heterocycles. The second kappa shape index (κ2) is 4.97. The zero-order valence-corrected chi connectivity index (χ0v) is 8.78. The van der Waals surface area contributed by atoms with Gasteiger partial charge in [-0.2, -0.15) is 4.98 Å². The summed E-state index contributed by atoms with van der Waals surface area (Å²) < 4.78 is 10.3. The molecular formula is C8H12ClN3O2. The van der Waals surface area contributed by atoms with Crippen LogP contribution in [0.3, 0.4) is 0 Å². The smallest absolute Gasteiger partial charge is 0.242 e. The number of aromatic nitrogens is 2. The van der Waals surface area contributed by atoms with E-state index in [2.05, 4.69) is 9.97 Å². The lowest BCUT2D eigenvalue weighted by Gasteiger charge is -2.13. The molecule has 6 heteroatoms. The zero-order chi connectivity index (χ0) is 10.6. The van der Waals surface area contributed by atoms with Gasteiger partial charge in [0.05, 0.1) is 6.61 Å². The van der Waals surface area contributed by atoms with Gasteiger partial charge in [-0.25, -0.2) is 4.98 Å². The molecule has 0 aliphatic heterocycles. The van der Waals surface area contributed by atoms with Crippen molar-refractivity contribution in [2.24, 2.45) is 0 Å². The normalized spacial score (nSPS) is 12.5. The largest absolute Gasteiger partial charge is 0.471 e. The van der Waals surface area contributed by atoms with Gasteiger partial charge in [0.25, 0.3) is 0 Å². The van der Waals surface area contributed by atoms with Gasteiger partial charge in [-0.3, -0.25) is 0 Å². The van der Waals surface area contributed by atoms with Gasteiger partial charge in [-0.15, -0.1) is 0 Å². The molecule has 5 nitrogen and oxygen atoms in total. The summed E-state index contributed by atoms with van der Waals surface area (Å²) in [7, 11) is 1.59. The van der Waals surface area contributed by atoms with E-state index in [1.54, 1.807) is 7.11 Å². The Bertz CT molecular complexity index is 309. The van der Waals surface area contributed by atoms with Crippen molar-refractivity contribution < 1.29 is 9.47 Å². The molecule has 0 spiro atoms. The second-order valence-corrected chi connectivity index (χ2v) is 3.13. The van der Waals surface area contributed by atoms with E-state index < -0.39 is 0 Å². The highest BCUT2D eigenvalue weighted by atomic mass is 35.5. The first-order chi connectivity index (χ1) is 6.65. The average molecular weight is 218 g/mol. The summed E-state index contributed by atoms with van der Waals surface area (Å²) >= 11 is 5.69. The van der Waals surface area contributed by atoms with Crippen LogP contribution in [0.1, 0.15) is 6.92 Å². The van der Waals surface area contributed by atoms with Gasteiger partial charge in [0.15, 0.2) is 5.15 Å². The van der Waals surface area contributed by atoms with Gasteiger partial charge in [-0.05, 0) is 6.92 Å². The molecule has 1 heterocycles. The molecule has 0 radical (unpaired) electrons. The summed E-state index contributed by atoms with van der Waals surface area (Å²) in [4.78, 5) is 7.57. The molecule has 1 rings (SSSR count). The van der Waals surface area contributed by atoms with Crippen molar-refractivity contribution in [3.63, 3.8) is 0 Å². The third-order valence-corrected chi connectivity index (χ3v) is 1.81. The predicted octanol–water partition coefficient (Wildman–Crippen LogP) is 1.13. The molecule has 1 unspecified atom stereocenters. The van der Waals surface area contributed by atoms with Crippen LogP contribution in [0.15, 0.2) is 6.33 Å². The number of nitrogen functional groups attached to an aromatic ring is 1. The van der Waals surface area contributed by atoms with Gasteiger partial charge in [0.2, 0.25) is 5.88 Å². The Hall–Kier alpha value is -1.07. The molecule has 14 heavy (non-hydrogen) atoms. The number of hydrogen-bond donors (Lipinski definition) is 1. The van der Waals surface area contributed by atoms with E-state index in [0.29, 0.717) is 6.61 Å². The monoisotopic (exact) mass is 217 g/mol. The third kappa shape index (κ3) is 2.71. The minimum absolute atomic E-state index is 0.131. The molecule has 0 aliphatic carbocycles. The summed E-state index contributed by atoms with van der Waals surface area (Å²) in [6.45, 7) is 2.31. The number of nitrogens with zero attached hydrogens (tertiary/aromatic N) is 2. The lowest BCUT2D eigenvalue weighted by atomic mass is 10.4. The van der Waals surface area contributed by atoms with Crippen molar-refractivity contribution >= 4 is 17.3 Å². The van der Waals surface area contributed by atoms with Crippen molar-refractivity contribution in [1.82, 2.24) is 9.97 Å². The number of rotatable bonds is 4. The quantitative estimate of drug-likeness (QED) is 0.766. The number of halogens is 1. The Morgan fingerprint density at radius 1 is 1.57 bits per heavy atom. The van der Waals surface area contributed by atoms with Gasteiger partial charge < -0.3 is 15.2 Å². The number of ether oxygens (including phenoxy) is 2. The van der Waals surface area contributed by atoms with E-state index in [4.69, 9.17) is 26.8 Å². The lowest BCUT2D eigenvalue weighted by molar-refractivity contribution is 0.0894. The maximum atomic E-state index is 5.69. The third-order valence-electron chi connectivity index (χ3n) is 1.51. The molecule has 1 atom stereocenters. The van der Waals surface area contributed by atoms with Gasteiger partial charge in [0.1, 0.15) is 18.1 Å². The van der Waals surface area contributed by atoms with Crippen molar-refractivity contribution in [2.45, 2.75) is 13.0 Å². The highest BCUT2D eigenvalue weighted by Gasteiger charge is 2.10. The summed E-state index contributed by atoms with van der Waals surface area (Å²) in [6, 6.07) is 0. The standard InChI is InChI=1S/C8H12ClN3O2/c1-5(3-13-2)14-8-6(10)7(9)11-4-12-8/h4-5H,3,10H2,1-2H3. The van der Waals surface area contributed by atoms with Crippen LogP contribution < -0.4 is 10.5 Å². The topological polar surface area (TPSA) is 70.3 Å². The van der Waals surface area contributed by atoms with Crippen LogP contribution in [0.5, 0.6) is 5.88 Å².